The summed E-state index contributed by atoms with van der Waals surface area (Å²) in [6, 6.07) is 10.1. The number of rotatable bonds is 4. The lowest BCUT2D eigenvalue weighted by Gasteiger charge is -2.28. The Morgan fingerprint density at radius 1 is 1.17 bits per heavy atom. The highest BCUT2D eigenvalue weighted by molar-refractivity contribution is 5.61. The second kappa shape index (κ2) is 8.19. The van der Waals surface area contributed by atoms with Crippen LogP contribution in [0.25, 0.3) is 11.3 Å². The second-order valence-corrected chi connectivity index (χ2v) is 8.61. The van der Waals surface area contributed by atoms with Crippen molar-refractivity contribution in [3.63, 3.8) is 0 Å². The van der Waals surface area contributed by atoms with Crippen LogP contribution < -0.4 is 5.56 Å². The van der Waals surface area contributed by atoms with Crippen molar-refractivity contribution in [3.8, 4) is 11.3 Å². The maximum atomic E-state index is 12.9. The normalized spacial score (nSPS) is 17.8. The first kappa shape index (κ1) is 19.2. The molecule has 0 amide bonds. The third kappa shape index (κ3) is 3.72. The van der Waals surface area contributed by atoms with Crippen molar-refractivity contribution in [1.82, 2.24) is 20.0 Å². The average molecular weight is 405 g/mol. The fourth-order valence-corrected chi connectivity index (χ4v) is 4.82. The molecule has 1 saturated carbocycles. The molecule has 5 rings (SSSR count). The number of hydrogen-bond donors (Lipinski definition) is 1. The van der Waals surface area contributed by atoms with Gasteiger partial charge in [-0.2, -0.15) is 0 Å². The van der Waals surface area contributed by atoms with Gasteiger partial charge in [-0.3, -0.25) is 9.69 Å². The molecule has 0 saturated heterocycles. The summed E-state index contributed by atoms with van der Waals surface area (Å²) < 4.78 is 5.64. The molecule has 2 aromatic heterocycles. The highest BCUT2D eigenvalue weighted by Crippen LogP contribution is 2.31. The molecule has 1 N–H and O–H groups in total. The van der Waals surface area contributed by atoms with Crippen molar-refractivity contribution in [2.24, 2.45) is 0 Å². The summed E-state index contributed by atoms with van der Waals surface area (Å²) in [5.74, 6) is 2.15. The van der Waals surface area contributed by atoms with Gasteiger partial charge in [0.1, 0.15) is 5.82 Å². The van der Waals surface area contributed by atoms with Gasteiger partial charge >= 0.3 is 0 Å². The lowest BCUT2D eigenvalue weighted by Crippen LogP contribution is -2.36. The van der Waals surface area contributed by atoms with Crippen LogP contribution in [0.1, 0.15) is 66.4 Å². The zero-order chi connectivity index (χ0) is 20.5. The smallest absolute Gasteiger partial charge is 0.255 e. The van der Waals surface area contributed by atoms with Crippen LogP contribution in [-0.4, -0.2) is 26.6 Å². The number of nitrogens with zero attached hydrogens (tertiary/aromatic N) is 3. The van der Waals surface area contributed by atoms with E-state index in [1.165, 1.54) is 19.3 Å². The van der Waals surface area contributed by atoms with Crippen molar-refractivity contribution >= 4 is 0 Å². The lowest BCUT2D eigenvalue weighted by atomic mass is 9.88. The van der Waals surface area contributed by atoms with Crippen LogP contribution in [-0.2, 0) is 19.5 Å². The highest BCUT2D eigenvalue weighted by Gasteiger charge is 2.26. The molecular formula is C24H28N4O2. The molecule has 6 heteroatoms. The van der Waals surface area contributed by atoms with E-state index in [0.29, 0.717) is 19.0 Å². The molecule has 3 aromatic rings. The Kier molecular flexibility index (Phi) is 5.25. The Hall–Kier alpha value is -2.73. The second-order valence-electron chi connectivity index (χ2n) is 8.61. The third-order valence-electron chi connectivity index (χ3n) is 6.56. The molecule has 1 fully saturated rings. The molecule has 30 heavy (non-hydrogen) atoms. The van der Waals surface area contributed by atoms with E-state index in [2.05, 4.69) is 15.0 Å². The quantitative estimate of drug-likeness (QED) is 0.700. The van der Waals surface area contributed by atoms with Crippen LogP contribution in [0.3, 0.4) is 0 Å². The van der Waals surface area contributed by atoms with Gasteiger partial charge < -0.3 is 9.51 Å². The molecule has 156 valence electrons. The van der Waals surface area contributed by atoms with Gasteiger partial charge in [-0.05, 0) is 19.8 Å². The van der Waals surface area contributed by atoms with Crippen molar-refractivity contribution < 1.29 is 4.52 Å². The molecule has 1 aliphatic heterocycles. The first-order valence-corrected chi connectivity index (χ1v) is 11.0. The number of aryl methyl sites for hydroxylation is 1. The van der Waals surface area contributed by atoms with Crippen LogP contribution in [0.2, 0.25) is 0 Å². The lowest BCUT2D eigenvalue weighted by molar-refractivity contribution is 0.240. The molecule has 2 aliphatic rings. The molecule has 1 aromatic carbocycles. The van der Waals surface area contributed by atoms with Crippen molar-refractivity contribution in [1.29, 1.82) is 0 Å². The Balaban J connectivity index is 1.37. The van der Waals surface area contributed by atoms with E-state index in [1.807, 2.05) is 37.3 Å². The monoisotopic (exact) mass is 404 g/mol. The van der Waals surface area contributed by atoms with Crippen molar-refractivity contribution in [2.45, 2.75) is 64.5 Å². The van der Waals surface area contributed by atoms with Crippen LogP contribution in [0.15, 0.2) is 39.6 Å². The minimum Gasteiger partial charge on any atom is -0.356 e. The predicted molar refractivity (Wildman–Crippen MR) is 115 cm³/mol. The van der Waals surface area contributed by atoms with E-state index in [4.69, 9.17) is 9.51 Å². The van der Waals surface area contributed by atoms with E-state index in [0.717, 1.165) is 65.5 Å². The number of nitrogens with one attached hydrogen (secondary N) is 1. The van der Waals surface area contributed by atoms with Crippen LogP contribution in [0, 0.1) is 6.92 Å². The summed E-state index contributed by atoms with van der Waals surface area (Å²) >= 11 is 0. The van der Waals surface area contributed by atoms with Gasteiger partial charge in [0.25, 0.3) is 5.56 Å². The topological polar surface area (TPSA) is 75.0 Å². The predicted octanol–water partition coefficient (Wildman–Crippen LogP) is 4.34. The Bertz CT molecular complexity index is 1080. The van der Waals surface area contributed by atoms with E-state index < -0.39 is 0 Å². The minimum absolute atomic E-state index is 0.0376. The van der Waals surface area contributed by atoms with Crippen molar-refractivity contribution in [3.05, 3.63) is 69.0 Å². The van der Waals surface area contributed by atoms with Crippen LogP contribution >= 0.6 is 0 Å². The maximum absolute atomic E-state index is 12.9. The highest BCUT2D eigenvalue weighted by atomic mass is 16.5. The first-order chi connectivity index (χ1) is 14.7. The number of aromatic nitrogens is 3. The Morgan fingerprint density at radius 2 is 1.97 bits per heavy atom. The molecule has 0 atom stereocenters. The third-order valence-corrected chi connectivity index (χ3v) is 6.56. The van der Waals surface area contributed by atoms with Gasteiger partial charge in [0.05, 0.1) is 17.0 Å². The standard InChI is InChI=1S/C24H28N4O2/c1-16-19(22(30-27-16)17-8-4-2-5-9-17)14-28-13-12-21-20(15-28)24(29)26-23(25-21)18-10-6-3-7-11-18/h2,4-5,8-9,18H,3,6-7,10-15H2,1H3,(H,25,26,29). The average Bonchev–Trinajstić information content (AvgIpc) is 3.15. The largest absolute Gasteiger partial charge is 0.356 e. The van der Waals surface area contributed by atoms with Crippen molar-refractivity contribution in [2.75, 3.05) is 6.54 Å². The molecule has 3 heterocycles. The molecule has 0 bridgehead atoms. The van der Waals surface area contributed by atoms with E-state index in [1.54, 1.807) is 0 Å². The number of aromatic amines is 1. The Labute approximate surface area is 176 Å². The summed E-state index contributed by atoms with van der Waals surface area (Å²) in [4.78, 5) is 23.2. The first-order valence-electron chi connectivity index (χ1n) is 11.0. The van der Waals surface area contributed by atoms with Crippen LogP contribution in [0.4, 0.5) is 0 Å². The fourth-order valence-electron chi connectivity index (χ4n) is 4.82. The summed E-state index contributed by atoms with van der Waals surface area (Å²) in [5, 5.41) is 4.20. The number of hydrogen-bond acceptors (Lipinski definition) is 5. The number of H-pyrrole nitrogens is 1. The SMILES string of the molecule is Cc1noc(-c2ccccc2)c1CN1CCc2nc(C3CCCCC3)[nH]c(=O)c2C1. The van der Waals surface area contributed by atoms with Gasteiger partial charge in [-0.15, -0.1) is 0 Å². The van der Waals surface area contributed by atoms with Crippen LogP contribution in [0.5, 0.6) is 0 Å². The molecule has 0 spiro atoms. The van der Waals surface area contributed by atoms with Gasteiger partial charge in [0, 0.05) is 43.1 Å². The summed E-state index contributed by atoms with van der Waals surface area (Å²) in [7, 11) is 0. The van der Waals surface area contributed by atoms with E-state index in [9.17, 15) is 4.79 Å². The number of fused-ring (bicyclic) bond motifs is 1. The molecular weight excluding hydrogens is 376 g/mol. The van der Waals surface area contributed by atoms with Gasteiger partial charge in [0.2, 0.25) is 0 Å². The number of benzene rings is 1. The van der Waals surface area contributed by atoms with Gasteiger partial charge in [0.15, 0.2) is 5.76 Å². The fraction of sp³-hybridized carbons (Fsp3) is 0.458. The summed E-state index contributed by atoms with van der Waals surface area (Å²) in [5.41, 5.74) is 4.86. The molecule has 0 radical (unpaired) electrons. The zero-order valence-corrected chi connectivity index (χ0v) is 17.5. The van der Waals surface area contributed by atoms with Gasteiger partial charge in [-0.1, -0.05) is 54.8 Å². The maximum Gasteiger partial charge on any atom is 0.255 e. The molecule has 6 nitrogen and oxygen atoms in total. The summed E-state index contributed by atoms with van der Waals surface area (Å²) in [6.45, 7) is 4.19. The molecule has 1 aliphatic carbocycles. The van der Waals surface area contributed by atoms with E-state index in [-0.39, 0.29) is 5.56 Å². The van der Waals surface area contributed by atoms with Gasteiger partial charge in [-0.25, -0.2) is 4.98 Å². The Morgan fingerprint density at radius 3 is 2.77 bits per heavy atom. The van der Waals surface area contributed by atoms with E-state index >= 15 is 0 Å². The minimum atomic E-state index is 0.0376. The zero-order valence-electron chi connectivity index (χ0n) is 17.5. The molecule has 0 unspecified atom stereocenters. The summed E-state index contributed by atoms with van der Waals surface area (Å²) in [6.07, 6.45) is 6.87.